The summed E-state index contributed by atoms with van der Waals surface area (Å²) < 4.78 is 49.4. The zero-order chi connectivity index (χ0) is 15.5. The number of nitrogens with one attached hydrogen (secondary N) is 1. The molecular formula is C15H21F2NO2S. The quantitative estimate of drug-likeness (QED) is 0.820. The van der Waals surface area contributed by atoms with E-state index < -0.39 is 21.5 Å². The molecule has 0 radical (unpaired) electrons. The molecule has 1 aliphatic rings. The summed E-state index contributed by atoms with van der Waals surface area (Å²) in [5, 5.41) is 2.97. The molecule has 2 rings (SSSR count). The van der Waals surface area contributed by atoms with Gasteiger partial charge in [0.05, 0.1) is 5.25 Å². The lowest BCUT2D eigenvalue weighted by Crippen LogP contribution is -2.40. The summed E-state index contributed by atoms with van der Waals surface area (Å²) in [4.78, 5) is 0. The predicted molar refractivity (Wildman–Crippen MR) is 79.0 cm³/mol. The van der Waals surface area contributed by atoms with Crippen LogP contribution in [0.2, 0.25) is 0 Å². The van der Waals surface area contributed by atoms with Crippen LogP contribution in [-0.2, 0) is 16.3 Å². The van der Waals surface area contributed by atoms with E-state index in [-0.39, 0.29) is 11.3 Å². The first-order chi connectivity index (χ1) is 9.86. The van der Waals surface area contributed by atoms with Crippen LogP contribution in [-0.4, -0.2) is 32.5 Å². The first-order valence-electron chi connectivity index (χ1n) is 7.23. The normalized spacial score (nSPS) is 22.6. The van der Waals surface area contributed by atoms with Crippen molar-refractivity contribution in [3.05, 3.63) is 35.4 Å². The van der Waals surface area contributed by atoms with Gasteiger partial charge in [-0.3, -0.25) is 0 Å². The maximum absolute atomic E-state index is 13.0. The Hall–Kier alpha value is -1.01. The van der Waals surface area contributed by atoms with Crippen LogP contribution in [0, 0.1) is 11.6 Å². The molecule has 0 saturated heterocycles. The Bertz CT molecular complexity index is 569. The Labute approximate surface area is 124 Å². The molecule has 0 spiro atoms. The van der Waals surface area contributed by atoms with Crippen LogP contribution in [0.15, 0.2) is 18.2 Å². The fourth-order valence-corrected chi connectivity index (χ4v) is 4.43. The lowest BCUT2D eigenvalue weighted by molar-refractivity contribution is 0.500. The van der Waals surface area contributed by atoms with Gasteiger partial charge in [0.15, 0.2) is 9.84 Å². The third-order valence-corrected chi connectivity index (χ3v) is 5.64. The third-order valence-electron chi connectivity index (χ3n) is 3.97. The summed E-state index contributed by atoms with van der Waals surface area (Å²) in [6, 6.07) is 3.52. The molecule has 0 amide bonds. The Morgan fingerprint density at radius 3 is 2.48 bits per heavy atom. The minimum Gasteiger partial charge on any atom is -0.313 e. The molecule has 118 valence electrons. The summed E-state index contributed by atoms with van der Waals surface area (Å²) in [6.07, 6.45) is 5.07. The van der Waals surface area contributed by atoms with Gasteiger partial charge >= 0.3 is 0 Å². The summed E-state index contributed by atoms with van der Waals surface area (Å²) in [6.45, 7) is 0.648. The van der Waals surface area contributed by atoms with Gasteiger partial charge in [-0.2, -0.15) is 0 Å². The molecule has 2 atom stereocenters. The number of benzene rings is 1. The van der Waals surface area contributed by atoms with Crippen LogP contribution < -0.4 is 5.32 Å². The highest BCUT2D eigenvalue weighted by Gasteiger charge is 2.34. The molecule has 0 aromatic heterocycles. The summed E-state index contributed by atoms with van der Waals surface area (Å²) in [5.74, 6) is -1.13. The fraction of sp³-hybridized carbons (Fsp3) is 0.600. The number of rotatable bonds is 6. The Morgan fingerprint density at radius 2 is 1.86 bits per heavy atom. The summed E-state index contributed by atoms with van der Waals surface area (Å²) >= 11 is 0. The van der Waals surface area contributed by atoms with E-state index in [9.17, 15) is 17.2 Å². The highest BCUT2D eigenvalue weighted by molar-refractivity contribution is 7.91. The van der Waals surface area contributed by atoms with Gasteiger partial charge in [0.1, 0.15) is 11.6 Å². The maximum atomic E-state index is 13.0. The minimum absolute atomic E-state index is 0.00393. The second-order valence-electron chi connectivity index (χ2n) is 5.74. The Balaban J connectivity index is 1.79. The van der Waals surface area contributed by atoms with E-state index in [1.807, 2.05) is 0 Å². The van der Waals surface area contributed by atoms with Crippen LogP contribution in [0.5, 0.6) is 0 Å². The minimum atomic E-state index is -3.01. The predicted octanol–water partition coefficient (Wildman–Crippen LogP) is 2.45. The zero-order valence-corrected chi connectivity index (χ0v) is 12.9. The Kier molecular flexibility index (Phi) is 5.32. The average Bonchev–Trinajstić information content (AvgIpc) is 2.81. The molecule has 1 fully saturated rings. The van der Waals surface area contributed by atoms with Gasteiger partial charge in [0.2, 0.25) is 0 Å². The van der Waals surface area contributed by atoms with Crippen LogP contribution in [0.4, 0.5) is 8.78 Å². The molecular weight excluding hydrogens is 296 g/mol. The van der Waals surface area contributed by atoms with Crippen molar-refractivity contribution >= 4 is 9.84 Å². The van der Waals surface area contributed by atoms with Crippen LogP contribution in [0.3, 0.4) is 0 Å². The first-order valence-corrected chi connectivity index (χ1v) is 9.19. The molecule has 6 heteroatoms. The molecule has 0 aliphatic heterocycles. The van der Waals surface area contributed by atoms with Gasteiger partial charge in [-0.1, -0.05) is 6.42 Å². The summed E-state index contributed by atoms with van der Waals surface area (Å²) in [5.41, 5.74) is 0.625. The van der Waals surface area contributed by atoms with Gasteiger partial charge in [-0.25, -0.2) is 17.2 Å². The van der Waals surface area contributed by atoms with Gasteiger partial charge in [-0.15, -0.1) is 0 Å². The molecule has 1 saturated carbocycles. The maximum Gasteiger partial charge on any atom is 0.151 e. The zero-order valence-electron chi connectivity index (χ0n) is 12.1. The van der Waals surface area contributed by atoms with Crippen LogP contribution >= 0.6 is 0 Å². The van der Waals surface area contributed by atoms with Crippen molar-refractivity contribution in [3.63, 3.8) is 0 Å². The molecule has 2 unspecified atom stereocenters. The number of hydrogen-bond donors (Lipinski definition) is 1. The number of hydrogen-bond acceptors (Lipinski definition) is 3. The van der Waals surface area contributed by atoms with Crippen molar-refractivity contribution in [1.82, 2.24) is 5.32 Å². The van der Waals surface area contributed by atoms with E-state index in [2.05, 4.69) is 5.32 Å². The van der Waals surface area contributed by atoms with Crippen LogP contribution in [0.1, 0.15) is 31.2 Å². The lowest BCUT2D eigenvalue weighted by Gasteiger charge is -2.19. The van der Waals surface area contributed by atoms with Crippen molar-refractivity contribution < 1.29 is 17.2 Å². The molecule has 0 heterocycles. The molecule has 1 N–H and O–H groups in total. The molecule has 1 aromatic carbocycles. The number of halogens is 2. The average molecular weight is 317 g/mol. The van der Waals surface area contributed by atoms with Gasteiger partial charge in [0, 0.05) is 18.4 Å². The van der Waals surface area contributed by atoms with Crippen molar-refractivity contribution in [2.45, 2.75) is 43.4 Å². The van der Waals surface area contributed by atoms with Gasteiger partial charge in [-0.05, 0) is 49.9 Å². The van der Waals surface area contributed by atoms with Crippen molar-refractivity contribution in [1.29, 1.82) is 0 Å². The molecule has 1 aliphatic carbocycles. The fourth-order valence-electron chi connectivity index (χ4n) is 3.01. The molecule has 21 heavy (non-hydrogen) atoms. The van der Waals surface area contributed by atoms with Crippen LogP contribution in [0.25, 0.3) is 0 Å². The number of sulfone groups is 1. The van der Waals surface area contributed by atoms with Crippen molar-refractivity contribution in [2.75, 3.05) is 12.8 Å². The van der Waals surface area contributed by atoms with E-state index in [0.717, 1.165) is 25.3 Å². The van der Waals surface area contributed by atoms with E-state index in [1.54, 1.807) is 0 Å². The molecule has 0 bridgehead atoms. The lowest BCUT2D eigenvalue weighted by atomic mass is 10.1. The second kappa shape index (κ2) is 6.83. The summed E-state index contributed by atoms with van der Waals surface area (Å²) in [7, 11) is -3.01. The number of aryl methyl sites for hydroxylation is 1. The van der Waals surface area contributed by atoms with Crippen molar-refractivity contribution in [2.24, 2.45) is 0 Å². The molecule has 3 nitrogen and oxygen atoms in total. The SMILES string of the molecule is CS(=O)(=O)C1CCCC1NCCCc1cc(F)cc(F)c1. The van der Waals surface area contributed by atoms with Crippen molar-refractivity contribution in [3.8, 4) is 0 Å². The standard InChI is InChI=1S/C15H21F2NO2S/c1-21(19,20)15-6-2-5-14(15)18-7-3-4-11-8-12(16)10-13(17)9-11/h8-10,14-15,18H,2-7H2,1H3. The topological polar surface area (TPSA) is 46.2 Å². The van der Waals surface area contributed by atoms with E-state index >= 15 is 0 Å². The first kappa shape index (κ1) is 16.4. The monoisotopic (exact) mass is 317 g/mol. The third kappa shape index (κ3) is 4.74. The Morgan fingerprint density at radius 1 is 1.19 bits per heavy atom. The van der Waals surface area contributed by atoms with Gasteiger partial charge < -0.3 is 5.32 Å². The highest BCUT2D eigenvalue weighted by Crippen LogP contribution is 2.25. The van der Waals surface area contributed by atoms with E-state index in [4.69, 9.17) is 0 Å². The molecule has 1 aromatic rings. The second-order valence-corrected chi connectivity index (χ2v) is 8.01. The van der Waals surface area contributed by atoms with E-state index in [1.165, 1.54) is 18.4 Å². The van der Waals surface area contributed by atoms with Gasteiger partial charge in [0.25, 0.3) is 0 Å². The largest absolute Gasteiger partial charge is 0.313 e. The highest BCUT2D eigenvalue weighted by atomic mass is 32.2. The van der Waals surface area contributed by atoms with E-state index in [0.29, 0.717) is 24.9 Å². The smallest absolute Gasteiger partial charge is 0.151 e.